The molecule has 5 rings (SSSR count). The number of benzene rings is 2. The van der Waals surface area contributed by atoms with E-state index in [1.807, 2.05) is 49.1 Å². The number of anilines is 1. The second kappa shape index (κ2) is 10.1. The summed E-state index contributed by atoms with van der Waals surface area (Å²) in [6.07, 6.45) is 1.87. The summed E-state index contributed by atoms with van der Waals surface area (Å²) in [5.41, 5.74) is 3.65. The van der Waals surface area contributed by atoms with Gasteiger partial charge in [0.1, 0.15) is 11.4 Å². The van der Waals surface area contributed by atoms with Crippen molar-refractivity contribution in [2.75, 3.05) is 51.8 Å². The second-order valence-electron chi connectivity index (χ2n) is 10.1. The molecule has 38 heavy (non-hydrogen) atoms. The number of rotatable bonds is 5. The highest BCUT2D eigenvalue weighted by molar-refractivity contribution is 6.32. The topological polar surface area (TPSA) is 108 Å². The molecule has 0 saturated carbocycles. The van der Waals surface area contributed by atoms with Crippen LogP contribution in [0.3, 0.4) is 0 Å². The van der Waals surface area contributed by atoms with E-state index in [1.54, 1.807) is 18.2 Å². The average Bonchev–Trinajstić information content (AvgIpc) is 3.42. The molecular formula is C29H31N3O6. The van der Waals surface area contributed by atoms with Gasteiger partial charge in [0.2, 0.25) is 0 Å². The number of methoxy groups -OCH3 is 1. The van der Waals surface area contributed by atoms with Gasteiger partial charge in [-0.1, -0.05) is 18.2 Å². The van der Waals surface area contributed by atoms with Crippen molar-refractivity contribution in [2.45, 2.75) is 19.4 Å². The smallest absolute Gasteiger partial charge is 0.337 e. The van der Waals surface area contributed by atoms with Crippen LogP contribution in [0.5, 0.6) is 0 Å². The Hall–Kier alpha value is -3.95. The number of nitrogens with zero attached hydrogens (tertiary/aromatic N) is 2. The minimum atomic E-state index is -0.702. The predicted octanol–water partition coefficient (Wildman–Crippen LogP) is 2.78. The maximum atomic E-state index is 13.0. The SMILES string of the molecule is COC(=O)c1ccc2c(c1)NC(=O)C2=C1C=C(c2ccc(C(=O)N3CCN(CCO)CC3)cc2)C(C)(C)O1. The molecule has 2 amide bonds. The summed E-state index contributed by atoms with van der Waals surface area (Å²) in [5.74, 6) is -0.336. The molecule has 1 fully saturated rings. The fourth-order valence-corrected chi connectivity index (χ4v) is 5.17. The van der Waals surface area contributed by atoms with Gasteiger partial charge < -0.3 is 24.8 Å². The average molecular weight is 518 g/mol. The zero-order chi connectivity index (χ0) is 27.0. The maximum Gasteiger partial charge on any atom is 0.337 e. The van der Waals surface area contributed by atoms with Crippen LogP contribution in [-0.4, -0.2) is 84.7 Å². The summed E-state index contributed by atoms with van der Waals surface area (Å²) in [6, 6.07) is 12.4. The van der Waals surface area contributed by atoms with Gasteiger partial charge in [-0.15, -0.1) is 0 Å². The van der Waals surface area contributed by atoms with E-state index in [4.69, 9.17) is 14.6 Å². The number of nitrogens with one attached hydrogen (secondary N) is 1. The quantitative estimate of drug-likeness (QED) is 0.464. The van der Waals surface area contributed by atoms with Crippen molar-refractivity contribution in [1.29, 1.82) is 0 Å². The molecule has 2 N–H and O–H groups in total. The van der Waals surface area contributed by atoms with Crippen LogP contribution in [0.1, 0.15) is 45.7 Å². The Balaban J connectivity index is 1.39. The molecule has 9 nitrogen and oxygen atoms in total. The van der Waals surface area contributed by atoms with Crippen LogP contribution in [0.25, 0.3) is 11.1 Å². The Bertz CT molecular complexity index is 1350. The zero-order valence-corrected chi connectivity index (χ0v) is 21.7. The number of amides is 2. The Morgan fingerprint density at radius 1 is 1.05 bits per heavy atom. The number of esters is 1. The van der Waals surface area contributed by atoms with Crippen molar-refractivity contribution in [2.24, 2.45) is 0 Å². The summed E-state index contributed by atoms with van der Waals surface area (Å²) in [5, 5.41) is 11.9. The molecule has 9 heteroatoms. The fourth-order valence-electron chi connectivity index (χ4n) is 5.17. The highest BCUT2D eigenvalue weighted by Crippen LogP contribution is 2.44. The lowest BCUT2D eigenvalue weighted by molar-refractivity contribution is -0.111. The van der Waals surface area contributed by atoms with E-state index < -0.39 is 11.6 Å². The Kier molecular flexibility index (Phi) is 6.81. The second-order valence-corrected chi connectivity index (χ2v) is 10.1. The van der Waals surface area contributed by atoms with Crippen LogP contribution in [0.4, 0.5) is 5.69 Å². The van der Waals surface area contributed by atoms with E-state index in [-0.39, 0.29) is 18.4 Å². The van der Waals surface area contributed by atoms with Crippen molar-refractivity contribution < 1.29 is 29.0 Å². The van der Waals surface area contributed by atoms with Gasteiger partial charge in [0, 0.05) is 49.4 Å². The third-order valence-corrected chi connectivity index (χ3v) is 7.24. The van der Waals surface area contributed by atoms with Gasteiger partial charge in [-0.2, -0.15) is 0 Å². The molecule has 3 aliphatic heterocycles. The van der Waals surface area contributed by atoms with Gasteiger partial charge in [-0.05, 0) is 49.8 Å². The molecule has 0 spiro atoms. The highest BCUT2D eigenvalue weighted by Gasteiger charge is 2.38. The Morgan fingerprint density at radius 2 is 1.74 bits per heavy atom. The Labute approximate surface area is 221 Å². The standard InChI is InChI=1S/C29H31N3O6/c1-29(2)22(18-4-6-19(7-5-18)27(35)32-12-10-31(11-13-32)14-15-33)17-24(38-29)25-21-9-8-20(28(36)37-3)16-23(21)30-26(25)34/h4-9,16-17,33H,10-15H2,1-3H3,(H,30,34). The van der Waals surface area contributed by atoms with Crippen LogP contribution in [0.2, 0.25) is 0 Å². The highest BCUT2D eigenvalue weighted by atomic mass is 16.5. The minimum absolute atomic E-state index is 0.00975. The number of β-amino-alcohol motifs (C(OH)–C–C–N with tert-alkyl or cyclic N) is 1. The van der Waals surface area contributed by atoms with Crippen molar-refractivity contribution in [3.05, 3.63) is 76.6 Å². The first-order valence-corrected chi connectivity index (χ1v) is 12.6. The number of carbonyl (C=O) groups excluding carboxylic acids is 3. The van der Waals surface area contributed by atoms with Gasteiger partial charge in [0.25, 0.3) is 11.8 Å². The lowest BCUT2D eigenvalue weighted by atomic mass is 9.91. The lowest BCUT2D eigenvalue weighted by Gasteiger charge is -2.34. The van der Waals surface area contributed by atoms with Crippen LogP contribution < -0.4 is 5.32 Å². The van der Waals surface area contributed by atoms with Gasteiger partial charge >= 0.3 is 5.97 Å². The van der Waals surface area contributed by atoms with E-state index in [0.717, 1.165) is 24.2 Å². The van der Waals surface area contributed by atoms with Crippen LogP contribution in [0, 0.1) is 0 Å². The summed E-state index contributed by atoms with van der Waals surface area (Å²) >= 11 is 0. The van der Waals surface area contributed by atoms with Crippen molar-refractivity contribution >= 4 is 34.6 Å². The number of allylic oxidation sites excluding steroid dienone is 1. The monoisotopic (exact) mass is 517 g/mol. The third kappa shape index (κ3) is 4.70. The van der Waals surface area contributed by atoms with Crippen molar-refractivity contribution in [3.63, 3.8) is 0 Å². The minimum Gasteiger partial charge on any atom is -0.482 e. The maximum absolute atomic E-state index is 13.0. The van der Waals surface area contributed by atoms with Gasteiger partial charge in [-0.3, -0.25) is 14.5 Å². The number of hydrogen-bond donors (Lipinski definition) is 2. The van der Waals surface area contributed by atoms with Gasteiger partial charge in [0.05, 0.1) is 30.5 Å². The van der Waals surface area contributed by atoms with E-state index >= 15 is 0 Å². The van der Waals surface area contributed by atoms with E-state index in [9.17, 15) is 14.4 Å². The normalized spacial score (nSPS) is 20.5. The molecule has 2 aromatic carbocycles. The van der Waals surface area contributed by atoms with E-state index in [1.165, 1.54) is 7.11 Å². The number of carbonyl (C=O) groups is 3. The molecule has 0 bridgehead atoms. The first-order chi connectivity index (χ1) is 18.2. The third-order valence-electron chi connectivity index (χ3n) is 7.24. The molecule has 0 atom stereocenters. The van der Waals surface area contributed by atoms with Crippen molar-refractivity contribution in [3.8, 4) is 0 Å². The molecule has 2 aromatic rings. The zero-order valence-electron chi connectivity index (χ0n) is 21.7. The number of fused-ring (bicyclic) bond motifs is 1. The number of hydrogen-bond acceptors (Lipinski definition) is 7. The van der Waals surface area contributed by atoms with Crippen LogP contribution in [0.15, 0.2) is 54.3 Å². The molecule has 0 aliphatic carbocycles. The molecule has 3 heterocycles. The molecular weight excluding hydrogens is 486 g/mol. The number of aliphatic hydroxyl groups excluding tert-OH is 1. The first kappa shape index (κ1) is 25.7. The lowest BCUT2D eigenvalue weighted by Crippen LogP contribution is -2.49. The number of aliphatic hydroxyl groups is 1. The Morgan fingerprint density at radius 3 is 2.39 bits per heavy atom. The number of ether oxygens (including phenoxy) is 2. The van der Waals surface area contributed by atoms with Crippen LogP contribution in [-0.2, 0) is 14.3 Å². The van der Waals surface area contributed by atoms with Crippen LogP contribution >= 0.6 is 0 Å². The first-order valence-electron chi connectivity index (χ1n) is 12.6. The number of piperazine rings is 1. The molecule has 0 aromatic heterocycles. The molecule has 1 saturated heterocycles. The fraction of sp³-hybridized carbons (Fsp3) is 0.345. The molecule has 0 unspecified atom stereocenters. The van der Waals surface area contributed by atoms with E-state index in [2.05, 4.69) is 10.2 Å². The largest absolute Gasteiger partial charge is 0.482 e. The summed E-state index contributed by atoms with van der Waals surface area (Å²) in [6.45, 7) is 7.39. The van der Waals surface area contributed by atoms with Gasteiger partial charge in [0.15, 0.2) is 0 Å². The van der Waals surface area contributed by atoms with Crippen molar-refractivity contribution in [1.82, 2.24) is 9.80 Å². The summed E-state index contributed by atoms with van der Waals surface area (Å²) in [4.78, 5) is 41.8. The summed E-state index contributed by atoms with van der Waals surface area (Å²) in [7, 11) is 1.31. The summed E-state index contributed by atoms with van der Waals surface area (Å²) < 4.78 is 11.0. The molecule has 3 aliphatic rings. The predicted molar refractivity (Wildman–Crippen MR) is 142 cm³/mol. The van der Waals surface area contributed by atoms with Gasteiger partial charge in [-0.25, -0.2) is 4.79 Å². The van der Waals surface area contributed by atoms with E-state index in [0.29, 0.717) is 53.3 Å². The molecule has 0 radical (unpaired) electrons. The molecule has 198 valence electrons.